The molecule has 1 fully saturated rings. The molecule has 1 aliphatic heterocycles. The van der Waals surface area contributed by atoms with Crippen LogP contribution < -0.4 is 5.73 Å². The molecule has 0 spiro atoms. The lowest BCUT2D eigenvalue weighted by Gasteiger charge is -2.26. The first kappa shape index (κ1) is 15.1. The van der Waals surface area contributed by atoms with Gasteiger partial charge >= 0.3 is 0 Å². The smallest absolute Gasteiger partial charge is 0.246 e. The summed E-state index contributed by atoms with van der Waals surface area (Å²) in [5.41, 5.74) is 4.41. The van der Waals surface area contributed by atoms with E-state index in [0.717, 1.165) is 16.4 Å². The number of sulfonamides is 1. The largest absolute Gasteiger partial charge is 0.394 e. The van der Waals surface area contributed by atoms with Gasteiger partial charge in [0.15, 0.2) is 5.82 Å². The number of nitrogens with two attached hydrogens (primary N) is 1. The minimum Gasteiger partial charge on any atom is -0.394 e. The predicted molar refractivity (Wildman–Crippen MR) is 69.5 cm³/mol. The molecule has 112 valence electrons. The Morgan fingerprint density at radius 3 is 2.60 bits per heavy atom. The van der Waals surface area contributed by atoms with Crippen LogP contribution in [0.5, 0.6) is 0 Å². The van der Waals surface area contributed by atoms with Crippen molar-refractivity contribution in [2.45, 2.75) is 30.4 Å². The minimum absolute atomic E-state index is 0.282. The number of hydrogen-bond donors (Lipinski definition) is 1. The molecule has 8 heteroatoms. The molecule has 0 aromatic heterocycles. The lowest BCUT2D eigenvalue weighted by atomic mass is 10.2. The molecule has 2 atom stereocenters. The number of nitrogen functional groups attached to an aromatic ring is 1. The van der Waals surface area contributed by atoms with Crippen LogP contribution >= 0.6 is 0 Å². The molecule has 1 saturated heterocycles. The standard InChI is InChI=1S/C12H16F2N2O3S/c1-7-9(5-6-19-7)16(2)20(17,18)10-4-3-8(13)12(15)11(10)14/h3-4,7,9H,5-6,15H2,1-2H3. The van der Waals surface area contributed by atoms with E-state index in [2.05, 4.69) is 0 Å². The molecule has 1 aromatic carbocycles. The molecule has 0 radical (unpaired) electrons. The highest BCUT2D eigenvalue weighted by Crippen LogP contribution is 2.28. The Labute approximate surface area is 116 Å². The average Bonchev–Trinajstić information content (AvgIpc) is 2.81. The van der Waals surface area contributed by atoms with E-state index < -0.39 is 32.2 Å². The molecular weight excluding hydrogens is 290 g/mol. The van der Waals surface area contributed by atoms with Gasteiger partial charge in [-0.3, -0.25) is 0 Å². The molecule has 5 nitrogen and oxygen atoms in total. The number of likely N-dealkylation sites (N-methyl/N-ethyl adjacent to an activating group) is 1. The van der Waals surface area contributed by atoms with Crippen molar-refractivity contribution in [3.63, 3.8) is 0 Å². The maximum Gasteiger partial charge on any atom is 0.246 e. The van der Waals surface area contributed by atoms with Crippen molar-refractivity contribution in [2.24, 2.45) is 0 Å². The van der Waals surface area contributed by atoms with Crippen molar-refractivity contribution in [1.29, 1.82) is 0 Å². The van der Waals surface area contributed by atoms with Crippen LogP contribution in [0.2, 0.25) is 0 Å². The summed E-state index contributed by atoms with van der Waals surface area (Å²) in [5, 5.41) is 0. The summed E-state index contributed by atoms with van der Waals surface area (Å²) in [6.45, 7) is 2.19. The Bertz CT molecular complexity index is 621. The number of benzene rings is 1. The van der Waals surface area contributed by atoms with Gasteiger partial charge in [-0.1, -0.05) is 0 Å². The third-order valence-corrected chi connectivity index (χ3v) is 5.45. The molecule has 1 aromatic rings. The van der Waals surface area contributed by atoms with Gasteiger partial charge in [-0.05, 0) is 25.5 Å². The fraction of sp³-hybridized carbons (Fsp3) is 0.500. The number of halogens is 2. The Hall–Kier alpha value is -1.25. The van der Waals surface area contributed by atoms with E-state index in [-0.39, 0.29) is 12.1 Å². The van der Waals surface area contributed by atoms with Crippen molar-refractivity contribution in [3.05, 3.63) is 23.8 Å². The molecule has 1 heterocycles. The molecule has 2 N–H and O–H groups in total. The SMILES string of the molecule is CC1OCCC1N(C)S(=O)(=O)c1ccc(F)c(N)c1F. The summed E-state index contributed by atoms with van der Waals surface area (Å²) in [6, 6.07) is 1.34. The van der Waals surface area contributed by atoms with E-state index in [1.807, 2.05) is 0 Å². The normalized spacial score (nSPS) is 23.4. The molecule has 0 amide bonds. The van der Waals surface area contributed by atoms with Crippen LogP contribution in [0.3, 0.4) is 0 Å². The van der Waals surface area contributed by atoms with Crippen LogP contribution in [0.15, 0.2) is 17.0 Å². The third-order valence-electron chi connectivity index (χ3n) is 3.55. The second-order valence-electron chi connectivity index (χ2n) is 4.73. The summed E-state index contributed by atoms with van der Waals surface area (Å²) >= 11 is 0. The zero-order chi connectivity index (χ0) is 15.1. The number of rotatable bonds is 3. The van der Waals surface area contributed by atoms with Gasteiger partial charge in [0.25, 0.3) is 0 Å². The number of nitrogens with zero attached hydrogens (tertiary/aromatic N) is 1. The van der Waals surface area contributed by atoms with Crippen molar-refractivity contribution in [3.8, 4) is 0 Å². The lowest BCUT2D eigenvalue weighted by molar-refractivity contribution is 0.102. The van der Waals surface area contributed by atoms with Gasteiger partial charge in [0.1, 0.15) is 16.4 Å². The third kappa shape index (κ3) is 2.38. The van der Waals surface area contributed by atoms with E-state index in [1.165, 1.54) is 7.05 Å². The topological polar surface area (TPSA) is 72.6 Å². The summed E-state index contributed by atoms with van der Waals surface area (Å²) in [4.78, 5) is -0.627. The van der Waals surface area contributed by atoms with Gasteiger partial charge in [0.2, 0.25) is 10.0 Å². The summed E-state index contributed by atoms with van der Waals surface area (Å²) in [6.07, 6.45) is 0.241. The van der Waals surface area contributed by atoms with Crippen LogP contribution in [0, 0.1) is 11.6 Å². The van der Waals surface area contributed by atoms with Gasteiger partial charge in [0.05, 0.1) is 12.1 Å². The molecule has 2 unspecified atom stereocenters. The van der Waals surface area contributed by atoms with Crippen molar-refractivity contribution < 1.29 is 21.9 Å². The lowest BCUT2D eigenvalue weighted by Crippen LogP contribution is -2.41. The van der Waals surface area contributed by atoms with Crippen LogP contribution in [0.1, 0.15) is 13.3 Å². The highest BCUT2D eigenvalue weighted by molar-refractivity contribution is 7.89. The van der Waals surface area contributed by atoms with E-state index in [0.29, 0.717) is 13.0 Å². The zero-order valence-corrected chi connectivity index (χ0v) is 12.0. The molecule has 2 rings (SSSR count). The van der Waals surface area contributed by atoms with Crippen LogP contribution in [0.4, 0.5) is 14.5 Å². The molecule has 0 bridgehead atoms. The number of anilines is 1. The molecule has 0 aliphatic carbocycles. The van der Waals surface area contributed by atoms with Gasteiger partial charge in [0, 0.05) is 13.7 Å². The Kier molecular flexibility index (Phi) is 3.99. The maximum absolute atomic E-state index is 13.9. The summed E-state index contributed by atoms with van der Waals surface area (Å²) in [5.74, 6) is -2.25. The van der Waals surface area contributed by atoms with Crippen LogP contribution in [-0.4, -0.2) is 38.5 Å². The molecule has 0 saturated carbocycles. The van der Waals surface area contributed by atoms with Gasteiger partial charge < -0.3 is 10.5 Å². The zero-order valence-electron chi connectivity index (χ0n) is 11.1. The average molecular weight is 306 g/mol. The van der Waals surface area contributed by atoms with E-state index >= 15 is 0 Å². The number of ether oxygens (including phenoxy) is 1. The van der Waals surface area contributed by atoms with E-state index in [1.54, 1.807) is 6.92 Å². The summed E-state index contributed by atoms with van der Waals surface area (Å²) < 4.78 is 58.2. The molecule has 20 heavy (non-hydrogen) atoms. The van der Waals surface area contributed by atoms with Gasteiger partial charge in [-0.2, -0.15) is 4.31 Å². The molecular formula is C12H16F2N2O3S. The number of hydrogen-bond acceptors (Lipinski definition) is 4. The Morgan fingerprint density at radius 2 is 2.05 bits per heavy atom. The molecule has 1 aliphatic rings. The first-order valence-electron chi connectivity index (χ1n) is 6.10. The fourth-order valence-corrected chi connectivity index (χ4v) is 3.80. The van der Waals surface area contributed by atoms with E-state index in [4.69, 9.17) is 10.5 Å². The first-order valence-corrected chi connectivity index (χ1v) is 7.54. The van der Waals surface area contributed by atoms with Gasteiger partial charge in [-0.15, -0.1) is 0 Å². The Morgan fingerprint density at radius 1 is 1.40 bits per heavy atom. The quantitative estimate of drug-likeness (QED) is 0.856. The second kappa shape index (κ2) is 5.27. The minimum atomic E-state index is -4.09. The summed E-state index contributed by atoms with van der Waals surface area (Å²) in [7, 11) is -2.74. The predicted octanol–water partition coefficient (Wildman–Crippen LogP) is 1.34. The van der Waals surface area contributed by atoms with Crippen molar-refractivity contribution in [2.75, 3.05) is 19.4 Å². The highest BCUT2D eigenvalue weighted by Gasteiger charge is 2.37. The fourth-order valence-electron chi connectivity index (χ4n) is 2.28. The van der Waals surface area contributed by atoms with Crippen LogP contribution in [-0.2, 0) is 14.8 Å². The first-order chi connectivity index (χ1) is 9.26. The Balaban J connectivity index is 2.43. The van der Waals surface area contributed by atoms with Crippen molar-refractivity contribution >= 4 is 15.7 Å². The monoisotopic (exact) mass is 306 g/mol. The maximum atomic E-state index is 13.9. The van der Waals surface area contributed by atoms with Crippen LogP contribution in [0.25, 0.3) is 0 Å². The van der Waals surface area contributed by atoms with Crippen molar-refractivity contribution in [1.82, 2.24) is 4.31 Å². The second-order valence-corrected chi connectivity index (χ2v) is 6.69. The highest BCUT2D eigenvalue weighted by atomic mass is 32.2. The van der Waals surface area contributed by atoms with E-state index in [9.17, 15) is 17.2 Å². The van der Waals surface area contributed by atoms with Gasteiger partial charge in [-0.25, -0.2) is 17.2 Å².